The number of aryl methyl sites for hydroxylation is 1. The molecule has 0 aliphatic carbocycles. The highest BCUT2D eigenvalue weighted by atomic mass is 32.2. The number of carbonyl (C=O) groups excluding carboxylic acids is 1. The molecular weight excluding hydrogens is 406 g/mol. The zero-order valence-corrected chi connectivity index (χ0v) is 17.2. The largest absolute Gasteiger partial charge is 0.454 e. The number of rotatable bonds is 5. The molecule has 2 aromatic carbocycles. The van der Waals surface area contributed by atoms with E-state index in [2.05, 4.69) is 23.3 Å². The van der Waals surface area contributed by atoms with Gasteiger partial charge in [0.2, 0.25) is 12.7 Å². The van der Waals surface area contributed by atoms with Crippen LogP contribution in [0.1, 0.15) is 12.5 Å². The summed E-state index contributed by atoms with van der Waals surface area (Å²) in [5, 5.41) is 5.38. The molecule has 146 valence electrons. The average molecular weight is 424 g/mol. The van der Waals surface area contributed by atoms with Crippen molar-refractivity contribution in [3.63, 3.8) is 0 Å². The van der Waals surface area contributed by atoms with Crippen LogP contribution in [0.5, 0.6) is 11.5 Å². The first kappa shape index (κ1) is 18.2. The van der Waals surface area contributed by atoms with E-state index in [4.69, 9.17) is 14.5 Å². The molecule has 0 unspecified atom stereocenters. The number of nitrogens with one attached hydrogen (secondary N) is 1. The summed E-state index contributed by atoms with van der Waals surface area (Å²) in [5.41, 5.74) is 2.83. The highest BCUT2D eigenvalue weighted by Crippen LogP contribution is 2.37. The molecule has 2 aromatic heterocycles. The van der Waals surface area contributed by atoms with Gasteiger partial charge in [-0.05, 0) is 36.2 Å². The van der Waals surface area contributed by atoms with Crippen molar-refractivity contribution in [1.29, 1.82) is 0 Å². The lowest BCUT2D eigenvalue weighted by Gasteiger charge is -2.09. The predicted molar refractivity (Wildman–Crippen MR) is 116 cm³/mol. The molecule has 5 rings (SSSR count). The van der Waals surface area contributed by atoms with Crippen molar-refractivity contribution >= 4 is 55.3 Å². The van der Waals surface area contributed by atoms with Crippen LogP contribution in [0.4, 0.5) is 5.13 Å². The second kappa shape index (κ2) is 7.53. The van der Waals surface area contributed by atoms with Crippen LogP contribution < -0.4 is 14.8 Å². The van der Waals surface area contributed by atoms with Crippen molar-refractivity contribution in [2.45, 2.75) is 18.4 Å². The molecule has 1 N–H and O–H groups in total. The van der Waals surface area contributed by atoms with Gasteiger partial charge in [0.15, 0.2) is 16.6 Å². The van der Waals surface area contributed by atoms with Gasteiger partial charge in [0.1, 0.15) is 5.03 Å². The van der Waals surface area contributed by atoms with Gasteiger partial charge >= 0.3 is 0 Å². The van der Waals surface area contributed by atoms with Gasteiger partial charge in [-0.2, -0.15) is 0 Å². The van der Waals surface area contributed by atoms with E-state index < -0.39 is 0 Å². The van der Waals surface area contributed by atoms with Gasteiger partial charge in [-0.1, -0.05) is 42.2 Å². The summed E-state index contributed by atoms with van der Waals surface area (Å²) < 4.78 is 12.0. The SMILES string of the molecule is CCc1cc2cc3c(cc2nc1SCC(=O)Nc1nc2ccccc2s1)OCO3. The zero-order chi connectivity index (χ0) is 19.8. The van der Waals surface area contributed by atoms with Crippen LogP contribution in [-0.4, -0.2) is 28.4 Å². The Labute approximate surface area is 175 Å². The van der Waals surface area contributed by atoms with E-state index in [-0.39, 0.29) is 18.5 Å². The van der Waals surface area contributed by atoms with E-state index in [1.807, 2.05) is 36.4 Å². The van der Waals surface area contributed by atoms with Crippen molar-refractivity contribution in [3.05, 3.63) is 48.0 Å². The van der Waals surface area contributed by atoms with Gasteiger partial charge in [-0.3, -0.25) is 4.79 Å². The highest BCUT2D eigenvalue weighted by Gasteiger charge is 2.17. The number of carbonyl (C=O) groups is 1. The summed E-state index contributed by atoms with van der Waals surface area (Å²) in [5.74, 6) is 1.63. The third-order valence-electron chi connectivity index (χ3n) is 4.61. The van der Waals surface area contributed by atoms with Crippen LogP contribution in [0, 0.1) is 0 Å². The summed E-state index contributed by atoms with van der Waals surface area (Å²) in [7, 11) is 0. The van der Waals surface area contributed by atoms with Crippen LogP contribution in [-0.2, 0) is 11.2 Å². The van der Waals surface area contributed by atoms with E-state index in [1.54, 1.807) is 0 Å². The Kier molecular flexibility index (Phi) is 4.73. The minimum Gasteiger partial charge on any atom is -0.454 e. The standard InChI is InChI=1S/C21H17N3O3S2/c1-2-12-7-13-8-16-17(27-11-26-16)9-15(13)22-20(12)28-10-19(25)24-21-23-14-5-3-4-6-18(14)29-21/h3-9H,2,10-11H2,1H3,(H,23,24,25). The van der Waals surface area contributed by atoms with Crippen LogP contribution in [0.15, 0.2) is 47.5 Å². The Morgan fingerprint density at radius 2 is 1.97 bits per heavy atom. The van der Waals surface area contributed by atoms with E-state index in [0.717, 1.165) is 43.9 Å². The number of anilines is 1. The monoisotopic (exact) mass is 423 g/mol. The number of ether oxygens (including phenoxy) is 2. The number of thiazole rings is 1. The Morgan fingerprint density at radius 3 is 2.79 bits per heavy atom. The number of aromatic nitrogens is 2. The summed E-state index contributed by atoms with van der Waals surface area (Å²) >= 11 is 2.91. The van der Waals surface area contributed by atoms with Crippen molar-refractivity contribution in [3.8, 4) is 11.5 Å². The molecule has 0 radical (unpaired) electrons. The molecule has 0 saturated heterocycles. The summed E-state index contributed by atoms with van der Waals surface area (Å²) in [4.78, 5) is 21.7. The van der Waals surface area contributed by atoms with Crippen LogP contribution >= 0.6 is 23.1 Å². The van der Waals surface area contributed by atoms with E-state index >= 15 is 0 Å². The molecule has 4 aromatic rings. The maximum absolute atomic E-state index is 12.4. The first-order chi connectivity index (χ1) is 14.2. The molecule has 8 heteroatoms. The summed E-state index contributed by atoms with van der Waals surface area (Å²) in [6, 6.07) is 13.8. The first-order valence-corrected chi connectivity index (χ1v) is 11.0. The van der Waals surface area contributed by atoms with Gasteiger partial charge in [-0.25, -0.2) is 9.97 Å². The molecule has 0 atom stereocenters. The van der Waals surface area contributed by atoms with Crippen LogP contribution in [0.2, 0.25) is 0 Å². The molecule has 0 bridgehead atoms. The number of nitrogens with zero attached hydrogens (tertiary/aromatic N) is 2. The van der Waals surface area contributed by atoms with Gasteiger partial charge in [0.25, 0.3) is 0 Å². The van der Waals surface area contributed by atoms with E-state index in [0.29, 0.717) is 10.9 Å². The van der Waals surface area contributed by atoms with Crippen molar-refractivity contribution < 1.29 is 14.3 Å². The minimum atomic E-state index is -0.0938. The van der Waals surface area contributed by atoms with Crippen LogP contribution in [0.3, 0.4) is 0 Å². The maximum atomic E-state index is 12.4. The quantitative estimate of drug-likeness (QED) is 0.462. The predicted octanol–water partition coefficient (Wildman–Crippen LogP) is 4.87. The van der Waals surface area contributed by atoms with Crippen molar-refractivity contribution in [1.82, 2.24) is 9.97 Å². The molecular formula is C21H17N3O3S2. The molecule has 29 heavy (non-hydrogen) atoms. The first-order valence-electron chi connectivity index (χ1n) is 9.21. The molecule has 6 nitrogen and oxygen atoms in total. The molecule has 1 aliphatic rings. The average Bonchev–Trinajstić information content (AvgIpc) is 3.35. The van der Waals surface area contributed by atoms with Crippen molar-refractivity contribution in [2.75, 3.05) is 17.9 Å². The fourth-order valence-electron chi connectivity index (χ4n) is 3.18. The van der Waals surface area contributed by atoms with Crippen LogP contribution in [0.25, 0.3) is 21.1 Å². The number of para-hydroxylation sites is 1. The molecule has 3 heterocycles. The number of fused-ring (bicyclic) bond motifs is 3. The van der Waals surface area contributed by atoms with E-state index in [9.17, 15) is 4.79 Å². The number of amides is 1. The number of benzene rings is 2. The summed E-state index contributed by atoms with van der Waals surface area (Å²) in [6.07, 6.45) is 0.833. The third kappa shape index (κ3) is 3.61. The molecule has 1 amide bonds. The fraction of sp³-hybridized carbons (Fsp3) is 0.190. The lowest BCUT2D eigenvalue weighted by atomic mass is 10.1. The number of thioether (sulfide) groups is 1. The second-order valence-electron chi connectivity index (χ2n) is 6.53. The topological polar surface area (TPSA) is 73.3 Å². The molecule has 0 saturated carbocycles. The minimum absolute atomic E-state index is 0.0938. The smallest absolute Gasteiger partial charge is 0.236 e. The van der Waals surface area contributed by atoms with Gasteiger partial charge in [0, 0.05) is 11.5 Å². The molecule has 1 aliphatic heterocycles. The second-order valence-corrected chi connectivity index (χ2v) is 8.52. The van der Waals surface area contributed by atoms with E-state index in [1.165, 1.54) is 23.1 Å². The Bertz CT molecular complexity index is 1210. The highest BCUT2D eigenvalue weighted by molar-refractivity contribution is 8.00. The lowest BCUT2D eigenvalue weighted by Crippen LogP contribution is -2.14. The van der Waals surface area contributed by atoms with Gasteiger partial charge in [0.05, 0.1) is 21.5 Å². The third-order valence-corrected chi connectivity index (χ3v) is 6.59. The molecule has 0 fully saturated rings. The summed E-state index contributed by atoms with van der Waals surface area (Å²) in [6.45, 7) is 2.32. The normalized spacial score (nSPS) is 12.6. The van der Waals surface area contributed by atoms with Gasteiger partial charge in [-0.15, -0.1) is 0 Å². The Balaban J connectivity index is 1.33. The van der Waals surface area contributed by atoms with Gasteiger partial charge < -0.3 is 14.8 Å². The number of hydrogen-bond acceptors (Lipinski definition) is 7. The number of pyridine rings is 1. The fourth-order valence-corrected chi connectivity index (χ4v) is 4.96. The Hall–Kier alpha value is -2.84. The zero-order valence-electron chi connectivity index (χ0n) is 15.6. The Morgan fingerprint density at radius 1 is 1.14 bits per heavy atom. The van der Waals surface area contributed by atoms with Crippen molar-refractivity contribution in [2.24, 2.45) is 0 Å². The lowest BCUT2D eigenvalue weighted by molar-refractivity contribution is -0.113. The number of hydrogen-bond donors (Lipinski definition) is 1. The maximum Gasteiger partial charge on any atom is 0.236 e. The molecule has 0 spiro atoms.